The van der Waals surface area contributed by atoms with Crippen LogP contribution < -0.4 is 5.32 Å². The minimum atomic E-state index is -3.67. The van der Waals surface area contributed by atoms with E-state index in [0.29, 0.717) is 24.5 Å². The van der Waals surface area contributed by atoms with Gasteiger partial charge in [-0.15, -0.1) is 0 Å². The van der Waals surface area contributed by atoms with Gasteiger partial charge in [0, 0.05) is 42.3 Å². The van der Waals surface area contributed by atoms with Crippen molar-refractivity contribution in [3.8, 4) is 0 Å². The Bertz CT molecular complexity index is 1190. The summed E-state index contributed by atoms with van der Waals surface area (Å²) in [5.41, 5.74) is 4.10. The van der Waals surface area contributed by atoms with Crippen molar-refractivity contribution in [3.63, 3.8) is 0 Å². The van der Waals surface area contributed by atoms with E-state index in [2.05, 4.69) is 15.5 Å². The first-order valence-electron chi connectivity index (χ1n) is 10.4. The van der Waals surface area contributed by atoms with Gasteiger partial charge in [-0.25, -0.2) is 13.4 Å². The Morgan fingerprint density at radius 2 is 2.00 bits per heavy atom. The summed E-state index contributed by atoms with van der Waals surface area (Å²) in [6.07, 6.45) is 3.40. The largest absolute Gasteiger partial charge is 0.360 e. The molecule has 9 heteroatoms. The van der Waals surface area contributed by atoms with Gasteiger partial charge in [0.15, 0.2) is 5.76 Å². The molecule has 31 heavy (non-hydrogen) atoms. The monoisotopic (exact) mass is 441 g/mol. The molecule has 0 bridgehead atoms. The predicted octanol–water partition coefficient (Wildman–Crippen LogP) is 4.01. The molecule has 164 valence electrons. The van der Waals surface area contributed by atoms with Gasteiger partial charge in [0.2, 0.25) is 10.0 Å². The van der Waals surface area contributed by atoms with Crippen molar-refractivity contribution in [1.82, 2.24) is 19.4 Å². The number of nitrogens with one attached hydrogen (secondary N) is 1. The first kappa shape index (κ1) is 21.5. The Morgan fingerprint density at radius 1 is 1.19 bits per heavy atom. The number of pyridine rings is 2. The van der Waals surface area contributed by atoms with Crippen LogP contribution in [-0.2, 0) is 10.0 Å². The summed E-state index contributed by atoms with van der Waals surface area (Å²) in [6, 6.07) is 7.87. The molecule has 1 saturated heterocycles. The molecule has 1 unspecified atom stereocenters. The van der Waals surface area contributed by atoms with Crippen molar-refractivity contribution in [2.45, 2.75) is 51.3 Å². The fourth-order valence-corrected chi connectivity index (χ4v) is 5.92. The highest BCUT2D eigenvalue weighted by Crippen LogP contribution is 2.33. The van der Waals surface area contributed by atoms with Crippen molar-refractivity contribution >= 4 is 21.5 Å². The van der Waals surface area contributed by atoms with Crippen LogP contribution in [0.25, 0.3) is 0 Å². The van der Waals surface area contributed by atoms with Gasteiger partial charge in [-0.2, -0.15) is 4.31 Å². The molecule has 4 heterocycles. The van der Waals surface area contributed by atoms with Crippen molar-refractivity contribution in [2.24, 2.45) is 0 Å². The van der Waals surface area contributed by atoms with E-state index in [-0.39, 0.29) is 10.8 Å². The molecule has 1 aliphatic rings. The summed E-state index contributed by atoms with van der Waals surface area (Å²) in [6.45, 7) is 8.10. The number of piperidine rings is 1. The topological polar surface area (TPSA) is 101 Å². The van der Waals surface area contributed by atoms with E-state index in [1.165, 1.54) is 4.31 Å². The van der Waals surface area contributed by atoms with Gasteiger partial charge in [-0.3, -0.25) is 4.98 Å². The molecule has 3 aromatic rings. The average Bonchev–Trinajstić information content (AvgIpc) is 3.08. The van der Waals surface area contributed by atoms with Crippen LogP contribution in [0.3, 0.4) is 0 Å². The molecule has 0 aliphatic carbocycles. The number of anilines is 2. The number of aromatic nitrogens is 3. The fraction of sp³-hybridized carbons (Fsp3) is 0.409. The highest BCUT2D eigenvalue weighted by atomic mass is 32.2. The molecule has 3 aromatic heterocycles. The van der Waals surface area contributed by atoms with Crippen LogP contribution in [0, 0.1) is 27.7 Å². The van der Waals surface area contributed by atoms with E-state index in [1.54, 1.807) is 20.0 Å². The summed E-state index contributed by atoms with van der Waals surface area (Å²) >= 11 is 0. The summed E-state index contributed by atoms with van der Waals surface area (Å²) < 4.78 is 33.2. The zero-order chi connectivity index (χ0) is 22.2. The first-order chi connectivity index (χ1) is 14.8. The van der Waals surface area contributed by atoms with E-state index >= 15 is 0 Å². The van der Waals surface area contributed by atoms with Gasteiger partial charge < -0.3 is 9.84 Å². The molecule has 1 atom stereocenters. The first-order valence-corrected chi connectivity index (χ1v) is 11.8. The maximum atomic E-state index is 13.3. The molecule has 0 amide bonds. The van der Waals surface area contributed by atoms with Gasteiger partial charge in [-0.1, -0.05) is 11.2 Å². The number of nitrogens with zero attached hydrogens (tertiary/aromatic N) is 4. The molecular weight excluding hydrogens is 414 g/mol. The van der Waals surface area contributed by atoms with E-state index in [9.17, 15) is 8.42 Å². The van der Waals surface area contributed by atoms with Gasteiger partial charge in [0.1, 0.15) is 16.4 Å². The lowest BCUT2D eigenvalue weighted by atomic mass is 9.95. The number of hydrogen-bond acceptors (Lipinski definition) is 7. The van der Waals surface area contributed by atoms with Crippen LogP contribution in [0.1, 0.15) is 47.2 Å². The Hall–Kier alpha value is -2.78. The second-order valence-electron chi connectivity index (χ2n) is 8.07. The van der Waals surface area contributed by atoms with E-state index in [0.717, 1.165) is 41.3 Å². The molecule has 1 aliphatic heterocycles. The Kier molecular flexibility index (Phi) is 5.81. The van der Waals surface area contributed by atoms with Crippen LogP contribution in [0.4, 0.5) is 11.5 Å². The normalized spacial score (nSPS) is 17.6. The molecule has 1 fully saturated rings. The van der Waals surface area contributed by atoms with Gasteiger partial charge >= 0.3 is 0 Å². The number of hydrogen-bond donors (Lipinski definition) is 1. The molecule has 0 radical (unpaired) electrons. The standard InChI is InChI=1S/C22H27N5O3S/c1-14-7-5-9-23-22(14)25-19-11-15(2)24-20(12-19)18-8-6-10-27(13-18)31(28,29)21-16(3)26-30-17(21)4/h5,7,9,11-12,18H,6,8,10,13H2,1-4H3,(H,23,24,25). The van der Waals surface area contributed by atoms with E-state index < -0.39 is 10.0 Å². The van der Waals surface area contributed by atoms with Crippen molar-refractivity contribution in [2.75, 3.05) is 18.4 Å². The lowest BCUT2D eigenvalue weighted by molar-refractivity contribution is 0.312. The number of sulfonamides is 1. The fourth-order valence-electron chi connectivity index (χ4n) is 4.10. The molecule has 8 nitrogen and oxygen atoms in total. The second-order valence-corrected chi connectivity index (χ2v) is 9.95. The summed E-state index contributed by atoms with van der Waals surface area (Å²) in [7, 11) is -3.67. The van der Waals surface area contributed by atoms with Crippen LogP contribution in [-0.4, -0.2) is 40.9 Å². The zero-order valence-corrected chi connectivity index (χ0v) is 19.0. The maximum absolute atomic E-state index is 13.3. The summed E-state index contributed by atoms with van der Waals surface area (Å²) in [4.78, 5) is 9.30. The van der Waals surface area contributed by atoms with Crippen molar-refractivity contribution in [3.05, 3.63) is 58.9 Å². The lowest BCUT2D eigenvalue weighted by Gasteiger charge is -2.31. The third-order valence-electron chi connectivity index (χ3n) is 5.61. The predicted molar refractivity (Wildman–Crippen MR) is 118 cm³/mol. The highest BCUT2D eigenvalue weighted by molar-refractivity contribution is 7.89. The Labute approximate surface area is 182 Å². The van der Waals surface area contributed by atoms with Crippen molar-refractivity contribution in [1.29, 1.82) is 0 Å². The van der Waals surface area contributed by atoms with Crippen LogP contribution in [0.5, 0.6) is 0 Å². The molecule has 0 aromatic carbocycles. The van der Waals surface area contributed by atoms with Crippen molar-refractivity contribution < 1.29 is 12.9 Å². The molecular formula is C22H27N5O3S. The summed E-state index contributed by atoms with van der Waals surface area (Å²) in [5.74, 6) is 1.13. The SMILES string of the molecule is Cc1cc(Nc2ncccc2C)cc(C2CCCN(S(=O)(=O)c3c(C)noc3C)C2)n1. The van der Waals surface area contributed by atoms with Crippen LogP contribution in [0.15, 0.2) is 39.9 Å². The Balaban J connectivity index is 1.60. The van der Waals surface area contributed by atoms with Gasteiger partial charge in [-0.05, 0) is 64.3 Å². The average molecular weight is 442 g/mol. The Morgan fingerprint density at radius 3 is 2.71 bits per heavy atom. The van der Waals surface area contributed by atoms with E-state index in [4.69, 9.17) is 9.51 Å². The lowest BCUT2D eigenvalue weighted by Crippen LogP contribution is -2.39. The minimum Gasteiger partial charge on any atom is -0.360 e. The van der Waals surface area contributed by atoms with Gasteiger partial charge in [0.25, 0.3) is 0 Å². The molecule has 1 N–H and O–H groups in total. The van der Waals surface area contributed by atoms with E-state index in [1.807, 2.05) is 38.1 Å². The maximum Gasteiger partial charge on any atom is 0.248 e. The third-order valence-corrected chi connectivity index (χ3v) is 7.72. The number of rotatable bonds is 5. The summed E-state index contributed by atoms with van der Waals surface area (Å²) in [5, 5.41) is 7.18. The number of aryl methyl sites for hydroxylation is 4. The third kappa shape index (κ3) is 4.33. The van der Waals surface area contributed by atoms with Crippen LogP contribution in [0.2, 0.25) is 0 Å². The van der Waals surface area contributed by atoms with Gasteiger partial charge in [0.05, 0.1) is 0 Å². The second kappa shape index (κ2) is 8.39. The smallest absolute Gasteiger partial charge is 0.248 e. The molecule has 4 rings (SSSR count). The highest BCUT2D eigenvalue weighted by Gasteiger charge is 2.35. The quantitative estimate of drug-likeness (QED) is 0.638. The van der Waals surface area contributed by atoms with Crippen LogP contribution >= 0.6 is 0 Å². The molecule has 0 saturated carbocycles. The minimum absolute atomic E-state index is 0.00859. The zero-order valence-electron chi connectivity index (χ0n) is 18.2. The molecule has 0 spiro atoms.